The summed E-state index contributed by atoms with van der Waals surface area (Å²) in [5.41, 5.74) is 6.98. The van der Waals surface area contributed by atoms with Gasteiger partial charge in [0.2, 0.25) is 0 Å². The number of anilines is 2. The Labute approximate surface area is 240 Å². The summed E-state index contributed by atoms with van der Waals surface area (Å²) in [7, 11) is 5.91. The second-order valence-electron chi connectivity index (χ2n) is 11.1. The topological polar surface area (TPSA) is 103 Å². The molecule has 9 heteroatoms. The van der Waals surface area contributed by atoms with Crippen molar-refractivity contribution < 1.29 is 14.3 Å². The maximum Gasteiger partial charge on any atom is 0.256 e. The number of hydrogen-bond donors (Lipinski definition) is 3. The molecule has 2 aromatic heterocycles. The molecule has 1 unspecified atom stereocenters. The van der Waals surface area contributed by atoms with Crippen molar-refractivity contribution >= 4 is 34.2 Å². The molecule has 3 heterocycles. The van der Waals surface area contributed by atoms with E-state index in [-0.39, 0.29) is 11.8 Å². The number of hydrogen-bond acceptors (Lipinski definition) is 6. The Balaban J connectivity index is 1.24. The van der Waals surface area contributed by atoms with Gasteiger partial charge in [0.25, 0.3) is 11.8 Å². The fraction of sp³-hybridized carbons (Fsp3) is 0.344. The predicted octanol–water partition coefficient (Wildman–Crippen LogP) is 4.97. The highest BCUT2D eigenvalue weighted by Crippen LogP contribution is 2.23. The molecule has 3 N–H and O–H groups in total. The third kappa shape index (κ3) is 6.65. The van der Waals surface area contributed by atoms with Gasteiger partial charge in [0, 0.05) is 60.7 Å². The third-order valence-corrected chi connectivity index (χ3v) is 7.80. The van der Waals surface area contributed by atoms with Crippen LogP contribution >= 0.6 is 0 Å². The molecule has 2 amide bonds. The summed E-state index contributed by atoms with van der Waals surface area (Å²) in [5.74, 6) is -0.483. The molecule has 1 atom stereocenters. The van der Waals surface area contributed by atoms with Gasteiger partial charge in [-0.05, 0) is 87.5 Å². The van der Waals surface area contributed by atoms with Gasteiger partial charge in [0.15, 0.2) is 0 Å². The molecule has 41 heavy (non-hydrogen) atoms. The standard InChI is InChI=1S/C32H38N6O3/c1-20-6-9-25(15-29(20)32(40)36-26-13-24-14-27(19-41-5)34-30(24)33-16-26)35-31(39)22-7-8-23(21(2)12-22)17-38-11-10-28(18-38)37(3)4/h6-9,12-16,28H,10-11,17-19H2,1-5H3,(H,33,34)(H,35,39)(H,36,40). The Morgan fingerprint density at radius 1 is 1.02 bits per heavy atom. The van der Waals surface area contributed by atoms with E-state index in [1.165, 1.54) is 12.0 Å². The molecule has 1 aliphatic rings. The minimum atomic E-state index is -0.272. The number of aromatic amines is 1. The number of ether oxygens (including phenoxy) is 1. The molecule has 1 fully saturated rings. The Hall–Kier alpha value is -4.05. The number of likely N-dealkylation sites (N-methyl/N-ethyl adjacent to an activating group) is 1. The summed E-state index contributed by atoms with van der Waals surface area (Å²) in [4.78, 5) is 38.7. The molecular weight excluding hydrogens is 516 g/mol. The number of carbonyl (C=O) groups is 2. The Kier molecular flexibility index (Phi) is 8.49. The Morgan fingerprint density at radius 2 is 1.83 bits per heavy atom. The van der Waals surface area contributed by atoms with Gasteiger partial charge in [-0.3, -0.25) is 14.5 Å². The van der Waals surface area contributed by atoms with E-state index in [1.807, 2.05) is 43.3 Å². The van der Waals surface area contributed by atoms with Crippen LogP contribution in [-0.2, 0) is 17.9 Å². The van der Waals surface area contributed by atoms with Crippen LogP contribution in [0.5, 0.6) is 0 Å². The van der Waals surface area contributed by atoms with E-state index in [4.69, 9.17) is 4.74 Å². The van der Waals surface area contributed by atoms with Gasteiger partial charge < -0.3 is 25.3 Å². The van der Waals surface area contributed by atoms with Crippen molar-refractivity contribution in [3.05, 3.63) is 88.2 Å². The van der Waals surface area contributed by atoms with E-state index in [9.17, 15) is 9.59 Å². The Morgan fingerprint density at radius 3 is 2.56 bits per heavy atom. The van der Waals surface area contributed by atoms with Crippen LogP contribution in [-0.4, -0.2) is 71.9 Å². The lowest BCUT2D eigenvalue weighted by molar-refractivity contribution is 0.101. The smallest absolute Gasteiger partial charge is 0.256 e. The maximum absolute atomic E-state index is 13.2. The highest BCUT2D eigenvalue weighted by Gasteiger charge is 2.24. The van der Waals surface area contributed by atoms with Gasteiger partial charge in [0.1, 0.15) is 5.65 Å². The van der Waals surface area contributed by atoms with Crippen molar-refractivity contribution in [2.24, 2.45) is 0 Å². The summed E-state index contributed by atoms with van der Waals surface area (Å²) < 4.78 is 5.17. The van der Waals surface area contributed by atoms with Gasteiger partial charge in [-0.1, -0.05) is 12.1 Å². The zero-order chi connectivity index (χ0) is 29.1. The van der Waals surface area contributed by atoms with Crippen LogP contribution in [0.4, 0.5) is 11.4 Å². The van der Waals surface area contributed by atoms with Gasteiger partial charge >= 0.3 is 0 Å². The lowest BCUT2D eigenvalue weighted by Crippen LogP contribution is -2.31. The summed E-state index contributed by atoms with van der Waals surface area (Å²) in [6.07, 6.45) is 2.79. The quantitative estimate of drug-likeness (QED) is 0.270. The van der Waals surface area contributed by atoms with Gasteiger partial charge in [-0.25, -0.2) is 4.98 Å². The van der Waals surface area contributed by atoms with Crippen LogP contribution < -0.4 is 10.6 Å². The van der Waals surface area contributed by atoms with Crippen molar-refractivity contribution in [3.63, 3.8) is 0 Å². The number of aryl methyl sites for hydroxylation is 2. The van der Waals surface area contributed by atoms with E-state index in [1.54, 1.807) is 19.4 Å². The summed E-state index contributed by atoms with van der Waals surface area (Å²) in [5, 5.41) is 6.77. The first-order valence-electron chi connectivity index (χ1n) is 13.9. The molecule has 0 radical (unpaired) electrons. The van der Waals surface area contributed by atoms with E-state index in [0.717, 1.165) is 47.5 Å². The molecule has 1 aliphatic heterocycles. The van der Waals surface area contributed by atoms with Crippen LogP contribution in [0.3, 0.4) is 0 Å². The number of aromatic nitrogens is 2. The number of fused-ring (bicyclic) bond motifs is 1. The molecule has 0 bridgehead atoms. The average Bonchev–Trinajstić information content (AvgIpc) is 3.57. The monoisotopic (exact) mass is 554 g/mol. The number of benzene rings is 2. The van der Waals surface area contributed by atoms with Crippen LogP contribution in [0.2, 0.25) is 0 Å². The fourth-order valence-electron chi connectivity index (χ4n) is 5.35. The predicted molar refractivity (Wildman–Crippen MR) is 162 cm³/mol. The number of nitrogens with zero attached hydrogens (tertiary/aromatic N) is 3. The zero-order valence-electron chi connectivity index (χ0n) is 24.4. The number of amides is 2. The zero-order valence-corrected chi connectivity index (χ0v) is 24.4. The van der Waals surface area contributed by atoms with E-state index >= 15 is 0 Å². The lowest BCUT2D eigenvalue weighted by Gasteiger charge is -2.21. The maximum atomic E-state index is 13.2. The molecule has 1 saturated heterocycles. The van der Waals surface area contributed by atoms with Crippen molar-refractivity contribution in [2.75, 3.05) is 44.9 Å². The van der Waals surface area contributed by atoms with Crippen molar-refractivity contribution in [1.29, 1.82) is 0 Å². The van der Waals surface area contributed by atoms with Crippen LogP contribution in [0, 0.1) is 13.8 Å². The van der Waals surface area contributed by atoms with E-state index in [2.05, 4.69) is 57.5 Å². The molecule has 4 aromatic rings. The van der Waals surface area contributed by atoms with Crippen LogP contribution in [0.1, 0.15) is 49.5 Å². The lowest BCUT2D eigenvalue weighted by atomic mass is 10.0. The second-order valence-corrected chi connectivity index (χ2v) is 11.1. The van der Waals surface area contributed by atoms with Gasteiger partial charge in [-0.15, -0.1) is 0 Å². The van der Waals surface area contributed by atoms with E-state index in [0.29, 0.717) is 35.2 Å². The van der Waals surface area contributed by atoms with Crippen molar-refractivity contribution in [1.82, 2.24) is 19.8 Å². The number of carbonyl (C=O) groups excluding carboxylic acids is 2. The first-order valence-corrected chi connectivity index (χ1v) is 13.9. The highest BCUT2D eigenvalue weighted by atomic mass is 16.5. The first-order chi connectivity index (χ1) is 19.7. The van der Waals surface area contributed by atoms with Gasteiger partial charge in [0.05, 0.1) is 18.5 Å². The molecule has 214 valence electrons. The number of methoxy groups -OCH3 is 1. The SMILES string of the molecule is COCc1cc2cc(NC(=O)c3cc(NC(=O)c4ccc(CN5CCC(N(C)C)C5)c(C)c4)ccc3C)cnc2[nH]1. The summed E-state index contributed by atoms with van der Waals surface area (Å²) in [6.45, 7) is 7.40. The van der Waals surface area contributed by atoms with Gasteiger partial charge in [-0.2, -0.15) is 0 Å². The number of nitrogens with one attached hydrogen (secondary N) is 3. The summed E-state index contributed by atoms with van der Waals surface area (Å²) in [6, 6.07) is 15.6. The largest absolute Gasteiger partial charge is 0.378 e. The number of pyridine rings is 1. The van der Waals surface area contributed by atoms with Crippen molar-refractivity contribution in [3.8, 4) is 0 Å². The minimum absolute atomic E-state index is 0.210. The Bertz CT molecular complexity index is 1580. The van der Waals surface area contributed by atoms with Crippen molar-refractivity contribution in [2.45, 2.75) is 39.5 Å². The normalized spacial score (nSPS) is 15.5. The molecule has 0 spiro atoms. The van der Waals surface area contributed by atoms with Crippen LogP contribution in [0.25, 0.3) is 11.0 Å². The van der Waals surface area contributed by atoms with Crippen LogP contribution in [0.15, 0.2) is 54.7 Å². The first kappa shape index (κ1) is 28.5. The summed E-state index contributed by atoms with van der Waals surface area (Å²) >= 11 is 0. The molecule has 0 saturated carbocycles. The number of rotatable bonds is 9. The minimum Gasteiger partial charge on any atom is -0.378 e. The fourth-order valence-corrected chi connectivity index (χ4v) is 5.35. The molecule has 9 nitrogen and oxygen atoms in total. The average molecular weight is 555 g/mol. The number of likely N-dealkylation sites (tertiary alicyclic amines) is 1. The molecule has 0 aliphatic carbocycles. The molecule has 2 aromatic carbocycles. The van der Waals surface area contributed by atoms with E-state index < -0.39 is 0 Å². The third-order valence-electron chi connectivity index (χ3n) is 7.80. The molecular formula is C32H38N6O3. The molecule has 5 rings (SSSR count). The number of H-pyrrole nitrogens is 1. The second kappa shape index (κ2) is 12.2. The highest BCUT2D eigenvalue weighted by molar-refractivity contribution is 6.08.